The van der Waals surface area contributed by atoms with E-state index in [2.05, 4.69) is 17.2 Å². The molecule has 0 radical (unpaired) electrons. The van der Waals surface area contributed by atoms with E-state index < -0.39 is 16.5 Å². The first kappa shape index (κ1) is 24.8. The van der Waals surface area contributed by atoms with E-state index in [4.69, 9.17) is 22.3 Å². The maximum atomic E-state index is 11.6. The molecule has 3 rings (SSSR count). The SMILES string of the molecule is CCc1ccc([C@@H](O)COc2ccc(CC3SC(=O)NC3=O)cc2)nc1.O=S(=O)(O)O. The quantitative estimate of drug-likeness (QED) is 0.440. The summed E-state index contributed by atoms with van der Waals surface area (Å²) in [6.07, 6.45) is 2.35. The molecule has 0 spiro atoms. The number of hydrogen-bond donors (Lipinski definition) is 4. The van der Waals surface area contributed by atoms with Crippen LogP contribution in [0, 0.1) is 0 Å². The number of rotatable bonds is 7. The van der Waals surface area contributed by atoms with E-state index in [1.165, 1.54) is 0 Å². The van der Waals surface area contributed by atoms with Gasteiger partial charge in [-0.05, 0) is 42.2 Å². The molecule has 1 aromatic carbocycles. The summed E-state index contributed by atoms with van der Waals surface area (Å²) in [4.78, 5) is 27.0. The summed E-state index contributed by atoms with van der Waals surface area (Å²) in [5.41, 5.74) is 2.64. The zero-order valence-electron chi connectivity index (χ0n) is 16.5. The highest BCUT2D eigenvalue weighted by Gasteiger charge is 2.31. The minimum atomic E-state index is -4.67. The normalized spacial score (nSPS) is 16.8. The van der Waals surface area contributed by atoms with Crippen molar-refractivity contribution in [1.82, 2.24) is 10.3 Å². The van der Waals surface area contributed by atoms with E-state index in [1.807, 2.05) is 24.3 Å². The van der Waals surface area contributed by atoms with Crippen molar-refractivity contribution in [3.8, 4) is 5.75 Å². The Morgan fingerprint density at radius 1 is 1.13 bits per heavy atom. The largest absolute Gasteiger partial charge is 0.490 e. The van der Waals surface area contributed by atoms with E-state index in [-0.39, 0.29) is 23.0 Å². The number of carbonyl (C=O) groups is 2. The van der Waals surface area contributed by atoms with Crippen LogP contribution in [-0.4, -0.2) is 50.6 Å². The van der Waals surface area contributed by atoms with Gasteiger partial charge in [-0.2, -0.15) is 8.42 Å². The molecule has 168 valence electrons. The number of aliphatic hydroxyl groups excluding tert-OH is 1. The van der Waals surface area contributed by atoms with E-state index >= 15 is 0 Å². The molecule has 1 unspecified atom stereocenters. The first-order valence-electron chi connectivity index (χ1n) is 9.11. The van der Waals surface area contributed by atoms with E-state index in [1.54, 1.807) is 18.3 Å². The standard InChI is InChI=1S/C19H20N2O4S.H2O4S/c1-2-12-5-8-15(20-10-12)16(22)11-25-14-6-3-13(4-7-14)9-17-18(23)21-19(24)26-17;1-5(2,3)4/h3-8,10,16-17,22H,2,9,11H2,1H3,(H,21,23,24);(H2,1,2,3,4)/t16-,17?;/m0./s1. The average molecular weight is 471 g/mol. The molecule has 0 bridgehead atoms. The maximum absolute atomic E-state index is 11.6. The lowest BCUT2D eigenvalue weighted by atomic mass is 10.1. The van der Waals surface area contributed by atoms with Crippen LogP contribution >= 0.6 is 11.8 Å². The third kappa shape index (κ3) is 9.02. The van der Waals surface area contributed by atoms with Crippen LogP contribution in [0.25, 0.3) is 0 Å². The number of pyridine rings is 1. The number of hydrogen-bond acceptors (Lipinski definition) is 8. The topological polar surface area (TPSA) is 163 Å². The van der Waals surface area contributed by atoms with Crippen molar-refractivity contribution in [2.45, 2.75) is 31.1 Å². The fourth-order valence-corrected chi connectivity index (χ4v) is 3.43. The van der Waals surface area contributed by atoms with E-state index in [9.17, 15) is 14.7 Å². The lowest BCUT2D eigenvalue weighted by Crippen LogP contribution is -2.25. The van der Waals surface area contributed by atoms with Gasteiger partial charge in [-0.15, -0.1) is 0 Å². The molecule has 31 heavy (non-hydrogen) atoms. The highest BCUT2D eigenvalue weighted by molar-refractivity contribution is 8.15. The first-order valence-corrected chi connectivity index (χ1v) is 11.4. The van der Waals surface area contributed by atoms with Crippen molar-refractivity contribution in [2.24, 2.45) is 0 Å². The van der Waals surface area contributed by atoms with Gasteiger partial charge in [0.1, 0.15) is 18.5 Å². The number of benzene rings is 1. The van der Waals surface area contributed by atoms with Gasteiger partial charge in [-0.1, -0.05) is 36.9 Å². The van der Waals surface area contributed by atoms with Crippen molar-refractivity contribution >= 4 is 33.3 Å². The van der Waals surface area contributed by atoms with Gasteiger partial charge in [0, 0.05) is 6.20 Å². The van der Waals surface area contributed by atoms with Gasteiger partial charge in [0.05, 0.1) is 10.9 Å². The molecule has 1 saturated heterocycles. The third-order valence-corrected chi connectivity index (χ3v) is 5.10. The summed E-state index contributed by atoms with van der Waals surface area (Å²) in [6.45, 7) is 2.16. The van der Waals surface area contributed by atoms with Crippen molar-refractivity contribution < 1.29 is 37.0 Å². The summed E-state index contributed by atoms with van der Waals surface area (Å²) >= 11 is 1.02. The molecule has 1 aliphatic heterocycles. The number of ether oxygens (including phenoxy) is 1. The van der Waals surface area contributed by atoms with Crippen LogP contribution in [0.5, 0.6) is 5.75 Å². The molecular formula is C19H22N2O8S2. The summed E-state index contributed by atoms with van der Waals surface area (Å²) < 4.78 is 37.2. The predicted molar refractivity (Wildman–Crippen MR) is 113 cm³/mol. The molecule has 2 heterocycles. The van der Waals surface area contributed by atoms with Crippen LogP contribution < -0.4 is 10.1 Å². The van der Waals surface area contributed by atoms with Crippen LogP contribution in [0.2, 0.25) is 0 Å². The monoisotopic (exact) mass is 470 g/mol. The number of nitrogens with zero attached hydrogens (tertiary/aromatic N) is 1. The van der Waals surface area contributed by atoms with Crippen molar-refractivity contribution in [3.05, 3.63) is 59.4 Å². The number of carbonyl (C=O) groups excluding carboxylic acids is 2. The van der Waals surface area contributed by atoms with Gasteiger partial charge in [0.15, 0.2) is 0 Å². The molecule has 2 amide bonds. The zero-order valence-corrected chi connectivity index (χ0v) is 18.1. The second-order valence-electron chi connectivity index (χ2n) is 6.45. The van der Waals surface area contributed by atoms with Crippen molar-refractivity contribution in [1.29, 1.82) is 0 Å². The Morgan fingerprint density at radius 3 is 2.23 bits per heavy atom. The summed E-state index contributed by atoms with van der Waals surface area (Å²) in [5.74, 6) is 0.377. The Hall–Kier alpha value is -2.51. The molecule has 12 heteroatoms. The predicted octanol–water partition coefficient (Wildman–Crippen LogP) is 2.00. The van der Waals surface area contributed by atoms with Gasteiger partial charge in [-0.25, -0.2) is 0 Å². The Balaban J connectivity index is 0.000000614. The molecule has 1 aromatic heterocycles. The molecule has 1 aliphatic rings. The zero-order chi connectivity index (χ0) is 23.0. The number of aromatic nitrogens is 1. The molecule has 1 fully saturated rings. The van der Waals surface area contributed by atoms with Crippen LogP contribution in [-0.2, 0) is 28.0 Å². The number of thioether (sulfide) groups is 1. The average Bonchev–Trinajstić information content (AvgIpc) is 3.02. The number of aliphatic hydroxyl groups is 1. The third-order valence-electron chi connectivity index (χ3n) is 4.12. The second-order valence-corrected chi connectivity index (χ2v) is 8.52. The molecule has 0 saturated carbocycles. The molecule has 4 N–H and O–H groups in total. The minimum Gasteiger partial charge on any atom is -0.490 e. The van der Waals surface area contributed by atoms with Crippen LogP contribution in [0.4, 0.5) is 4.79 Å². The van der Waals surface area contributed by atoms with Gasteiger partial charge in [0.2, 0.25) is 5.91 Å². The Morgan fingerprint density at radius 2 is 1.74 bits per heavy atom. The van der Waals surface area contributed by atoms with Gasteiger partial charge >= 0.3 is 10.4 Å². The Bertz CT molecular complexity index is 987. The van der Waals surface area contributed by atoms with Crippen LogP contribution in [0.3, 0.4) is 0 Å². The minimum absolute atomic E-state index is 0.104. The second kappa shape index (κ2) is 11.2. The number of amides is 2. The first-order chi connectivity index (χ1) is 14.5. The number of imide groups is 1. The molecule has 2 aromatic rings. The summed E-state index contributed by atoms with van der Waals surface area (Å²) in [6, 6.07) is 11.0. The van der Waals surface area contributed by atoms with Crippen molar-refractivity contribution in [3.63, 3.8) is 0 Å². The molecule has 10 nitrogen and oxygen atoms in total. The van der Waals surface area contributed by atoms with Crippen LogP contribution in [0.1, 0.15) is 29.8 Å². The Kier molecular flexibility index (Phi) is 8.95. The summed E-state index contributed by atoms with van der Waals surface area (Å²) in [7, 11) is -4.67. The van der Waals surface area contributed by atoms with Gasteiger partial charge < -0.3 is 9.84 Å². The maximum Gasteiger partial charge on any atom is 0.394 e. The van der Waals surface area contributed by atoms with Crippen LogP contribution in [0.15, 0.2) is 42.6 Å². The van der Waals surface area contributed by atoms with Gasteiger partial charge in [0.25, 0.3) is 5.24 Å². The fraction of sp³-hybridized carbons (Fsp3) is 0.316. The number of aryl methyl sites for hydroxylation is 1. The smallest absolute Gasteiger partial charge is 0.394 e. The van der Waals surface area contributed by atoms with E-state index in [0.717, 1.165) is 29.3 Å². The summed E-state index contributed by atoms with van der Waals surface area (Å²) in [5, 5.41) is 11.8. The van der Waals surface area contributed by atoms with E-state index in [0.29, 0.717) is 17.9 Å². The highest BCUT2D eigenvalue weighted by atomic mass is 32.3. The molecule has 2 atom stereocenters. The Labute approximate surface area is 183 Å². The fourth-order valence-electron chi connectivity index (χ4n) is 2.57. The lowest BCUT2D eigenvalue weighted by molar-refractivity contribution is -0.118. The number of nitrogens with one attached hydrogen (secondary N) is 1. The molecule has 0 aliphatic carbocycles. The van der Waals surface area contributed by atoms with Crippen molar-refractivity contribution in [2.75, 3.05) is 6.61 Å². The molecular weight excluding hydrogens is 448 g/mol. The lowest BCUT2D eigenvalue weighted by Gasteiger charge is -2.13. The highest BCUT2D eigenvalue weighted by Crippen LogP contribution is 2.24. The van der Waals surface area contributed by atoms with Gasteiger partial charge in [-0.3, -0.25) is 29.0 Å².